The summed E-state index contributed by atoms with van der Waals surface area (Å²) in [6, 6.07) is -0.678. The number of hydrogen-bond donors (Lipinski definition) is 1. The van der Waals surface area contributed by atoms with Crippen LogP contribution in [0.4, 0.5) is 4.79 Å². The molecule has 1 rings (SSSR count). The van der Waals surface area contributed by atoms with Gasteiger partial charge in [0.25, 0.3) is 0 Å². The van der Waals surface area contributed by atoms with Gasteiger partial charge in [0.05, 0.1) is 25.9 Å². The molecule has 116 valence electrons. The summed E-state index contributed by atoms with van der Waals surface area (Å²) < 4.78 is 15.4. The van der Waals surface area contributed by atoms with Gasteiger partial charge in [-0.1, -0.05) is 6.92 Å². The van der Waals surface area contributed by atoms with Crippen LogP contribution in [0.3, 0.4) is 0 Å². The minimum Gasteiger partial charge on any atom is -0.464 e. The van der Waals surface area contributed by atoms with Crippen molar-refractivity contribution in [2.75, 3.05) is 13.7 Å². The van der Waals surface area contributed by atoms with Gasteiger partial charge in [0, 0.05) is 0 Å². The lowest BCUT2D eigenvalue weighted by molar-refractivity contribution is -0.150. The van der Waals surface area contributed by atoms with E-state index in [9.17, 15) is 9.59 Å². The van der Waals surface area contributed by atoms with Crippen molar-refractivity contribution < 1.29 is 23.8 Å². The van der Waals surface area contributed by atoms with Crippen LogP contribution in [0.1, 0.15) is 40.0 Å². The Morgan fingerprint density at radius 3 is 2.60 bits per heavy atom. The average Bonchev–Trinajstić information content (AvgIpc) is 2.43. The number of nitrogens with one attached hydrogen (secondary N) is 1. The Bertz CT molecular complexity index is 334. The van der Waals surface area contributed by atoms with Gasteiger partial charge in [-0.15, -0.1) is 0 Å². The highest BCUT2D eigenvalue weighted by atomic mass is 16.5. The summed E-state index contributed by atoms with van der Waals surface area (Å²) in [7, 11) is 1.28. The van der Waals surface area contributed by atoms with Gasteiger partial charge in [0.2, 0.25) is 0 Å². The molecule has 0 spiro atoms. The molecule has 1 aliphatic rings. The van der Waals surface area contributed by atoms with Gasteiger partial charge < -0.3 is 19.5 Å². The maximum absolute atomic E-state index is 12.1. The summed E-state index contributed by atoms with van der Waals surface area (Å²) in [6.45, 7) is 6.06. The largest absolute Gasteiger partial charge is 0.464 e. The SMILES string of the molecule is CCOC(=O)C(NC(=O)OC)C1C[C@@H](CC)O[C@H](C)C1. The van der Waals surface area contributed by atoms with Crippen LogP contribution in [0.2, 0.25) is 0 Å². The molecule has 4 atom stereocenters. The van der Waals surface area contributed by atoms with Crippen LogP contribution in [0.15, 0.2) is 0 Å². The number of esters is 1. The summed E-state index contributed by atoms with van der Waals surface area (Å²) in [4.78, 5) is 23.5. The molecule has 6 nitrogen and oxygen atoms in total. The Kier molecular flexibility index (Phi) is 6.78. The fraction of sp³-hybridized carbons (Fsp3) is 0.857. The van der Waals surface area contributed by atoms with Crippen molar-refractivity contribution in [3.63, 3.8) is 0 Å². The van der Waals surface area contributed by atoms with Crippen molar-refractivity contribution in [1.82, 2.24) is 5.32 Å². The number of carbonyl (C=O) groups excluding carboxylic acids is 2. The first-order chi connectivity index (χ1) is 9.51. The number of amides is 1. The second kappa shape index (κ2) is 8.09. The summed E-state index contributed by atoms with van der Waals surface area (Å²) in [5, 5.41) is 2.59. The molecule has 0 radical (unpaired) electrons. The summed E-state index contributed by atoms with van der Waals surface area (Å²) in [6.07, 6.45) is 1.89. The quantitative estimate of drug-likeness (QED) is 0.781. The minimum absolute atomic E-state index is 0.00171. The maximum atomic E-state index is 12.1. The standard InChI is InChI=1S/C14H25NO5/c1-5-11-8-10(7-9(3)20-11)12(13(16)19-6-2)15-14(17)18-4/h9-12H,5-8H2,1-4H3,(H,15,17)/t9-,10?,11-,12?/m1/s1. The van der Waals surface area contributed by atoms with Gasteiger partial charge in [-0.2, -0.15) is 0 Å². The molecule has 1 amide bonds. The molecule has 1 heterocycles. The van der Waals surface area contributed by atoms with Gasteiger partial charge in [-0.3, -0.25) is 0 Å². The van der Waals surface area contributed by atoms with E-state index in [1.807, 2.05) is 13.8 Å². The highest BCUT2D eigenvalue weighted by molar-refractivity contribution is 5.81. The molecule has 6 heteroatoms. The number of rotatable bonds is 5. The molecule has 2 unspecified atom stereocenters. The molecule has 1 aliphatic heterocycles. The van der Waals surface area contributed by atoms with Crippen molar-refractivity contribution >= 4 is 12.1 Å². The third-order valence-corrected chi connectivity index (χ3v) is 3.55. The third kappa shape index (κ3) is 4.67. The van der Waals surface area contributed by atoms with Crippen LogP contribution in [0.25, 0.3) is 0 Å². The van der Waals surface area contributed by atoms with E-state index in [4.69, 9.17) is 9.47 Å². The fourth-order valence-electron chi connectivity index (χ4n) is 2.62. The van der Waals surface area contributed by atoms with Crippen molar-refractivity contribution in [2.45, 2.75) is 58.3 Å². The highest BCUT2D eigenvalue weighted by Crippen LogP contribution is 2.29. The summed E-state index contributed by atoms with van der Waals surface area (Å²) >= 11 is 0. The first-order valence-corrected chi connectivity index (χ1v) is 7.18. The first kappa shape index (κ1) is 16.8. The molecule has 0 aromatic rings. The predicted molar refractivity (Wildman–Crippen MR) is 73.3 cm³/mol. The average molecular weight is 287 g/mol. The summed E-state index contributed by atoms with van der Waals surface area (Å²) in [5.74, 6) is -0.409. The lowest BCUT2D eigenvalue weighted by atomic mass is 9.85. The normalized spacial score (nSPS) is 27.5. The smallest absolute Gasteiger partial charge is 0.407 e. The Hall–Kier alpha value is -1.30. The van der Waals surface area contributed by atoms with E-state index in [-0.39, 0.29) is 24.7 Å². The summed E-state index contributed by atoms with van der Waals surface area (Å²) in [5.41, 5.74) is 0. The molecule has 1 N–H and O–H groups in total. The van der Waals surface area contributed by atoms with Crippen molar-refractivity contribution in [1.29, 1.82) is 0 Å². The second-order valence-electron chi connectivity index (χ2n) is 5.07. The molecular weight excluding hydrogens is 262 g/mol. The Morgan fingerprint density at radius 1 is 1.35 bits per heavy atom. The van der Waals surface area contributed by atoms with Crippen LogP contribution >= 0.6 is 0 Å². The second-order valence-corrected chi connectivity index (χ2v) is 5.07. The topological polar surface area (TPSA) is 73.9 Å². The van der Waals surface area contributed by atoms with E-state index < -0.39 is 18.1 Å². The third-order valence-electron chi connectivity index (χ3n) is 3.55. The van der Waals surface area contributed by atoms with Crippen molar-refractivity contribution in [3.8, 4) is 0 Å². The zero-order valence-corrected chi connectivity index (χ0v) is 12.7. The molecule has 1 fully saturated rings. The van der Waals surface area contributed by atoms with Crippen molar-refractivity contribution in [3.05, 3.63) is 0 Å². The van der Waals surface area contributed by atoms with E-state index >= 15 is 0 Å². The van der Waals surface area contributed by atoms with Gasteiger partial charge in [-0.25, -0.2) is 9.59 Å². The van der Waals surface area contributed by atoms with Crippen LogP contribution in [-0.2, 0) is 19.0 Å². The number of methoxy groups -OCH3 is 1. The zero-order chi connectivity index (χ0) is 15.1. The zero-order valence-electron chi connectivity index (χ0n) is 12.7. The van der Waals surface area contributed by atoms with Gasteiger partial charge in [0.1, 0.15) is 6.04 Å². The molecule has 1 saturated heterocycles. The van der Waals surface area contributed by atoms with E-state index in [0.29, 0.717) is 6.42 Å². The molecule has 0 aromatic carbocycles. The van der Waals surface area contributed by atoms with E-state index in [0.717, 1.165) is 12.8 Å². The lowest BCUT2D eigenvalue weighted by Crippen LogP contribution is -2.50. The van der Waals surface area contributed by atoms with Gasteiger partial charge in [0.15, 0.2) is 0 Å². The number of alkyl carbamates (subject to hydrolysis) is 1. The minimum atomic E-state index is -0.678. The molecule has 20 heavy (non-hydrogen) atoms. The van der Waals surface area contributed by atoms with Crippen LogP contribution < -0.4 is 5.32 Å². The van der Waals surface area contributed by atoms with Crippen LogP contribution in [0.5, 0.6) is 0 Å². The molecular formula is C14H25NO5. The van der Waals surface area contributed by atoms with Crippen molar-refractivity contribution in [2.24, 2.45) is 5.92 Å². The Morgan fingerprint density at radius 2 is 2.05 bits per heavy atom. The lowest BCUT2D eigenvalue weighted by Gasteiger charge is -2.36. The van der Waals surface area contributed by atoms with Crippen LogP contribution in [0, 0.1) is 5.92 Å². The van der Waals surface area contributed by atoms with E-state index in [1.54, 1.807) is 6.92 Å². The van der Waals surface area contributed by atoms with Gasteiger partial charge >= 0.3 is 12.1 Å². The Labute approximate surface area is 120 Å². The highest BCUT2D eigenvalue weighted by Gasteiger charge is 2.37. The molecule has 0 bridgehead atoms. The number of ether oxygens (including phenoxy) is 3. The van der Waals surface area contributed by atoms with Crippen LogP contribution in [-0.4, -0.2) is 44.0 Å². The molecule has 0 aliphatic carbocycles. The van der Waals surface area contributed by atoms with Gasteiger partial charge in [-0.05, 0) is 39.0 Å². The monoisotopic (exact) mass is 287 g/mol. The van der Waals surface area contributed by atoms with E-state index in [2.05, 4.69) is 10.1 Å². The first-order valence-electron chi connectivity index (χ1n) is 7.18. The molecule has 0 aromatic heterocycles. The fourth-order valence-corrected chi connectivity index (χ4v) is 2.62. The Balaban J connectivity index is 2.79. The molecule has 0 saturated carbocycles. The number of hydrogen-bond acceptors (Lipinski definition) is 5. The number of carbonyl (C=O) groups is 2. The van der Waals surface area contributed by atoms with E-state index in [1.165, 1.54) is 7.11 Å². The predicted octanol–water partition coefficient (Wildman–Crippen LogP) is 1.87. The maximum Gasteiger partial charge on any atom is 0.407 e.